The van der Waals surface area contributed by atoms with E-state index in [1.807, 2.05) is 36.0 Å². The molecule has 0 aromatic heterocycles. The average molecular weight is 542 g/mol. The predicted molar refractivity (Wildman–Crippen MR) is 138 cm³/mol. The number of hydrogen-bond acceptors (Lipinski definition) is 5. The molecule has 2 aromatic carbocycles. The number of nitrogens with zero attached hydrogens (tertiary/aromatic N) is 2. The van der Waals surface area contributed by atoms with Gasteiger partial charge in [0.15, 0.2) is 5.96 Å². The Kier molecular flexibility index (Phi) is 11.0. The second kappa shape index (κ2) is 13.5. The molecular formula is C22H31IN4O2S. The lowest BCUT2D eigenvalue weighted by molar-refractivity contribution is 0.321. The minimum Gasteiger partial charge on any atom is -0.497 e. The molecule has 1 heterocycles. The molecule has 8 heteroatoms. The van der Waals surface area contributed by atoms with Gasteiger partial charge in [-0.15, -0.1) is 24.0 Å². The van der Waals surface area contributed by atoms with Crippen LogP contribution in [0.5, 0.6) is 11.5 Å². The summed E-state index contributed by atoms with van der Waals surface area (Å²) in [5, 5.41) is 6.62. The summed E-state index contributed by atoms with van der Waals surface area (Å²) in [4.78, 5) is 6.73. The van der Waals surface area contributed by atoms with Crippen molar-refractivity contribution in [3.63, 3.8) is 0 Å². The lowest BCUT2D eigenvalue weighted by atomic mass is 10.2. The van der Waals surface area contributed by atoms with Gasteiger partial charge < -0.3 is 25.0 Å². The van der Waals surface area contributed by atoms with Crippen LogP contribution in [0.2, 0.25) is 0 Å². The van der Waals surface area contributed by atoms with Crippen molar-refractivity contribution in [1.29, 1.82) is 0 Å². The lowest BCUT2D eigenvalue weighted by Crippen LogP contribution is -2.38. The molecule has 30 heavy (non-hydrogen) atoms. The van der Waals surface area contributed by atoms with E-state index in [2.05, 4.69) is 44.8 Å². The Bertz CT molecular complexity index is 766. The van der Waals surface area contributed by atoms with E-state index in [-0.39, 0.29) is 24.0 Å². The number of methoxy groups -OCH3 is 1. The summed E-state index contributed by atoms with van der Waals surface area (Å²) in [5.74, 6) is 4.84. The molecule has 0 aliphatic carbocycles. The molecular weight excluding hydrogens is 511 g/mol. The van der Waals surface area contributed by atoms with Crippen LogP contribution >= 0.6 is 35.7 Å². The Balaban J connectivity index is 0.00000320. The van der Waals surface area contributed by atoms with Crippen LogP contribution in [0, 0.1) is 0 Å². The number of aliphatic imine (C=N–C) groups is 1. The van der Waals surface area contributed by atoms with Gasteiger partial charge in [0.1, 0.15) is 18.1 Å². The van der Waals surface area contributed by atoms with Crippen molar-refractivity contribution in [2.45, 2.75) is 6.54 Å². The summed E-state index contributed by atoms with van der Waals surface area (Å²) in [6, 6.07) is 16.4. The van der Waals surface area contributed by atoms with Gasteiger partial charge in [-0.3, -0.25) is 4.99 Å². The van der Waals surface area contributed by atoms with Crippen LogP contribution < -0.4 is 25.0 Å². The van der Waals surface area contributed by atoms with Crippen molar-refractivity contribution in [3.8, 4) is 11.5 Å². The quantitative estimate of drug-likeness (QED) is 0.230. The molecule has 3 rings (SSSR count). The Morgan fingerprint density at radius 1 is 1.00 bits per heavy atom. The van der Waals surface area contributed by atoms with Crippen LogP contribution in [0.15, 0.2) is 53.5 Å². The summed E-state index contributed by atoms with van der Waals surface area (Å²) in [7, 11) is 3.43. The second-order valence-corrected chi connectivity index (χ2v) is 7.87. The van der Waals surface area contributed by atoms with E-state index in [0.717, 1.165) is 37.1 Å². The molecule has 1 fully saturated rings. The normalized spacial score (nSPS) is 13.9. The number of guanidine groups is 1. The number of anilines is 1. The predicted octanol–water partition coefficient (Wildman–Crippen LogP) is 3.61. The van der Waals surface area contributed by atoms with Crippen molar-refractivity contribution < 1.29 is 9.47 Å². The fourth-order valence-electron chi connectivity index (χ4n) is 3.06. The third kappa shape index (κ3) is 7.79. The molecule has 6 nitrogen and oxygen atoms in total. The van der Waals surface area contributed by atoms with E-state index in [0.29, 0.717) is 13.2 Å². The minimum absolute atomic E-state index is 0. The van der Waals surface area contributed by atoms with Crippen molar-refractivity contribution in [1.82, 2.24) is 10.6 Å². The molecule has 0 saturated carbocycles. The first-order valence-corrected chi connectivity index (χ1v) is 11.1. The van der Waals surface area contributed by atoms with Gasteiger partial charge in [0.05, 0.1) is 13.7 Å². The molecule has 0 atom stereocenters. The van der Waals surface area contributed by atoms with Crippen molar-refractivity contribution >= 4 is 47.4 Å². The van der Waals surface area contributed by atoms with E-state index in [9.17, 15) is 0 Å². The van der Waals surface area contributed by atoms with Gasteiger partial charge in [-0.25, -0.2) is 0 Å². The highest BCUT2D eigenvalue weighted by molar-refractivity contribution is 14.0. The molecule has 2 N–H and O–H groups in total. The van der Waals surface area contributed by atoms with Crippen LogP contribution in [0.25, 0.3) is 0 Å². The number of thioether (sulfide) groups is 1. The first-order chi connectivity index (χ1) is 14.3. The number of rotatable bonds is 8. The van der Waals surface area contributed by atoms with E-state index in [1.165, 1.54) is 22.8 Å². The Morgan fingerprint density at radius 2 is 1.67 bits per heavy atom. The first-order valence-electron chi connectivity index (χ1n) is 9.91. The van der Waals surface area contributed by atoms with Gasteiger partial charge in [-0.1, -0.05) is 12.1 Å². The third-order valence-corrected chi connectivity index (χ3v) is 5.66. The third-order valence-electron chi connectivity index (χ3n) is 4.72. The molecule has 1 aliphatic rings. The van der Waals surface area contributed by atoms with E-state index in [1.54, 1.807) is 14.2 Å². The summed E-state index contributed by atoms with van der Waals surface area (Å²) in [5.41, 5.74) is 2.55. The van der Waals surface area contributed by atoms with Crippen LogP contribution in [-0.2, 0) is 6.54 Å². The Morgan fingerprint density at radius 3 is 2.30 bits per heavy atom. The summed E-state index contributed by atoms with van der Waals surface area (Å²) >= 11 is 2.03. The van der Waals surface area contributed by atoms with Gasteiger partial charge in [0.25, 0.3) is 0 Å². The van der Waals surface area contributed by atoms with Crippen LogP contribution in [0.1, 0.15) is 5.56 Å². The van der Waals surface area contributed by atoms with E-state index in [4.69, 9.17) is 9.47 Å². The molecule has 0 unspecified atom stereocenters. The van der Waals surface area contributed by atoms with Gasteiger partial charge in [0, 0.05) is 43.9 Å². The first kappa shape index (κ1) is 24.5. The van der Waals surface area contributed by atoms with Gasteiger partial charge in [-0.05, 0) is 42.0 Å². The second-order valence-electron chi connectivity index (χ2n) is 6.64. The molecule has 164 valence electrons. The molecule has 0 spiro atoms. The van der Waals surface area contributed by atoms with Crippen molar-refractivity contribution in [3.05, 3.63) is 54.1 Å². The smallest absolute Gasteiger partial charge is 0.191 e. The highest BCUT2D eigenvalue weighted by Crippen LogP contribution is 2.20. The lowest BCUT2D eigenvalue weighted by Gasteiger charge is -2.28. The highest BCUT2D eigenvalue weighted by Gasteiger charge is 2.10. The highest BCUT2D eigenvalue weighted by atomic mass is 127. The SMILES string of the molecule is CN=C(NCCOc1ccc(OC)cc1)NCc1ccc(N2CCSCC2)cc1.I. The zero-order chi connectivity index (χ0) is 20.3. The van der Waals surface area contributed by atoms with E-state index >= 15 is 0 Å². The zero-order valence-electron chi connectivity index (χ0n) is 17.6. The molecule has 0 radical (unpaired) electrons. The summed E-state index contributed by atoms with van der Waals surface area (Å²) in [6.07, 6.45) is 0. The standard InChI is InChI=1S/C22H30N4O2S.HI/c1-23-22(24-11-14-28-21-9-7-20(27-2)8-10-21)25-17-18-3-5-19(6-4-18)26-12-15-29-16-13-26;/h3-10H,11-17H2,1-2H3,(H2,23,24,25);1H. The summed E-state index contributed by atoms with van der Waals surface area (Å²) < 4.78 is 10.9. The van der Waals surface area contributed by atoms with Crippen LogP contribution in [0.4, 0.5) is 5.69 Å². The number of nitrogens with one attached hydrogen (secondary N) is 2. The van der Waals surface area contributed by atoms with E-state index < -0.39 is 0 Å². The maximum Gasteiger partial charge on any atom is 0.191 e. The van der Waals surface area contributed by atoms with Crippen molar-refractivity contribution in [2.75, 3.05) is 56.8 Å². The van der Waals surface area contributed by atoms with Gasteiger partial charge >= 0.3 is 0 Å². The average Bonchev–Trinajstić information content (AvgIpc) is 2.80. The van der Waals surface area contributed by atoms with Crippen LogP contribution in [-0.4, -0.2) is 57.9 Å². The number of hydrogen-bond donors (Lipinski definition) is 2. The monoisotopic (exact) mass is 542 g/mol. The maximum atomic E-state index is 5.73. The van der Waals surface area contributed by atoms with Crippen molar-refractivity contribution in [2.24, 2.45) is 4.99 Å². The van der Waals surface area contributed by atoms with Crippen LogP contribution in [0.3, 0.4) is 0 Å². The molecule has 1 saturated heterocycles. The zero-order valence-corrected chi connectivity index (χ0v) is 20.7. The fraction of sp³-hybridized carbons (Fsp3) is 0.409. The number of ether oxygens (including phenoxy) is 2. The Labute approximate surface area is 200 Å². The molecule has 1 aliphatic heterocycles. The topological polar surface area (TPSA) is 58.1 Å². The molecule has 2 aromatic rings. The summed E-state index contributed by atoms with van der Waals surface area (Å²) in [6.45, 7) is 4.22. The molecule has 0 bridgehead atoms. The fourth-order valence-corrected chi connectivity index (χ4v) is 3.97. The maximum absolute atomic E-state index is 5.73. The number of benzene rings is 2. The molecule has 0 amide bonds. The number of halogens is 1. The van der Waals surface area contributed by atoms with Gasteiger partial charge in [0.2, 0.25) is 0 Å². The Hall–Kier alpha value is -1.81. The largest absolute Gasteiger partial charge is 0.497 e. The minimum atomic E-state index is 0. The van der Waals surface area contributed by atoms with Gasteiger partial charge in [-0.2, -0.15) is 11.8 Å².